The molecule has 0 bridgehead atoms. The Bertz CT molecular complexity index is 953. The van der Waals surface area contributed by atoms with Crippen LogP contribution in [0.5, 0.6) is 11.5 Å². The van der Waals surface area contributed by atoms with Crippen LogP contribution in [0.3, 0.4) is 0 Å². The predicted molar refractivity (Wildman–Crippen MR) is 131 cm³/mol. The molecule has 31 heavy (non-hydrogen) atoms. The van der Waals surface area contributed by atoms with E-state index in [0.717, 1.165) is 53.0 Å². The van der Waals surface area contributed by atoms with Crippen molar-refractivity contribution in [2.75, 3.05) is 33.1 Å². The maximum atomic E-state index is 12.6. The number of likely N-dealkylation sites (N-methyl/N-ethyl adjacent to an activating group) is 1. The second-order valence-electron chi connectivity index (χ2n) is 8.55. The van der Waals surface area contributed by atoms with Gasteiger partial charge in [-0.25, -0.2) is 4.79 Å². The molecule has 1 saturated heterocycles. The summed E-state index contributed by atoms with van der Waals surface area (Å²) >= 11 is 2.25. The Morgan fingerprint density at radius 3 is 2.68 bits per heavy atom. The SMILES string of the molecule is COc1ccc([C@@]23CC[C@@H](NC(=O)Nc4cccc(I)c4)C[C@@H]2N(C)CC3)cc1OC. The van der Waals surface area contributed by atoms with E-state index in [9.17, 15) is 4.79 Å². The van der Waals surface area contributed by atoms with Crippen LogP contribution in [0.1, 0.15) is 31.2 Å². The molecule has 1 heterocycles. The van der Waals surface area contributed by atoms with Crippen LogP contribution in [-0.4, -0.2) is 50.8 Å². The third-order valence-electron chi connectivity index (χ3n) is 6.90. The number of anilines is 1. The van der Waals surface area contributed by atoms with Gasteiger partial charge in [0.2, 0.25) is 0 Å². The Balaban J connectivity index is 1.48. The fraction of sp³-hybridized carbons (Fsp3) is 0.458. The average molecular weight is 535 g/mol. The molecule has 0 unspecified atom stereocenters. The molecule has 0 radical (unpaired) electrons. The number of nitrogens with zero attached hydrogens (tertiary/aromatic N) is 1. The van der Waals surface area contributed by atoms with Gasteiger partial charge in [-0.05, 0) is 97.8 Å². The minimum atomic E-state index is -0.133. The number of likely N-dealkylation sites (tertiary alicyclic amines) is 1. The van der Waals surface area contributed by atoms with Crippen molar-refractivity contribution in [2.45, 2.75) is 43.2 Å². The molecule has 2 aliphatic rings. The second kappa shape index (κ2) is 9.24. The molecule has 4 rings (SSSR count). The van der Waals surface area contributed by atoms with E-state index in [0.29, 0.717) is 6.04 Å². The first-order valence-corrected chi connectivity index (χ1v) is 11.8. The summed E-state index contributed by atoms with van der Waals surface area (Å²) in [7, 11) is 5.55. The Kier molecular flexibility index (Phi) is 6.62. The molecule has 1 aliphatic heterocycles. The third kappa shape index (κ3) is 4.48. The minimum Gasteiger partial charge on any atom is -0.493 e. The zero-order valence-electron chi connectivity index (χ0n) is 18.3. The van der Waals surface area contributed by atoms with E-state index >= 15 is 0 Å². The molecule has 7 heteroatoms. The van der Waals surface area contributed by atoms with Crippen molar-refractivity contribution in [3.8, 4) is 11.5 Å². The van der Waals surface area contributed by atoms with Crippen molar-refractivity contribution in [3.63, 3.8) is 0 Å². The van der Waals surface area contributed by atoms with E-state index in [2.05, 4.69) is 57.3 Å². The van der Waals surface area contributed by atoms with Crippen LogP contribution in [0, 0.1) is 3.57 Å². The summed E-state index contributed by atoms with van der Waals surface area (Å²) < 4.78 is 12.1. The Morgan fingerprint density at radius 2 is 1.94 bits per heavy atom. The quantitative estimate of drug-likeness (QED) is 0.549. The van der Waals surface area contributed by atoms with Gasteiger partial charge in [-0.2, -0.15) is 0 Å². The van der Waals surface area contributed by atoms with Crippen LogP contribution in [0.4, 0.5) is 10.5 Å². The molecule has 2 fully saturated rings. The highest BCUT2D eigenvalue weighted by Gasteiger charge is 2.50. The Morgan fingerprint density at radius 1 is 1.13 bits per heavy atom. The van der Waals surface area contributed by atoms with E-state index < -0.39 is 0 Å². The van der Waals surface area contributed by atoms with Crippen molar-refractivity contribution in [2.24, 2.45) is 0 Å². The van der Waals surface area contributed by atoms with E-state index in [1.807, 2.05) is 30.3 Å². The van der Waals surface area contributed by atoms with Gasteiger partial charge in [0.15, 0.2) is 11.5 Å². The fourth-order valence-electron chi connectivity index (χ4n) is 5.31. The Hall–Kier alpha value is -2.00. The minimum absolute atomic E-state index is 0.0818. The van der Waals surface area contributed by atoms with Crippen LogP contribution in [0.25, 0.3) is 0 Å². The molecule has 2 amide bonds. The van der Waals surface area contributed by atoms with Crippen molar-refractivity contribution >= 4 is 34.3 Å². The van der Waals surface area contributed by atoms with Gasteiger partial charge in [-0.1, -0.05) is 12.1 Å². The van der Waals surface area contributed by atoms with Gasteiger partial charge in [-0.3, -0.25) is 0 Å². The lowest BCUT2D eigenvalue weighted by atomic mass is 9.65. The fourth-order valence-corrected chi connectivity index (χ4v) is 5.86. The number of carbonyl (C=O) groups excluding carboxylic acids is 1. The molecular formula is C24H30IN3O3. The van der Waals surface area contributed by atoms with Gasteiger partial charge in [0.1, 0.15) is 0 Å². The summed E-state index contributed by atoms with van der Waals surface area (Å²) in [5, 5.41) is 6.18. The van der Waals surface area contributed by atoms with Gasteiger partial charge >= 0.3 is 6.03 Å². The number of hydrogen-bond donors (Lipinski definition) is 2. The normalized spacial score (nSPS) is 25.5. The number of amides is 2. The zero-order valence-corrected chi connectivity index (χ0v) is 20.4. The lowest BCUT2D eigenvalue weighted by molar-refractivity contribution is 0.156. The number of urea groups is 1. The Labute approximate surface area is 197 Å². The van der Waals surface area contributed by atoms with E-state index in [1.54, 1.807) is 14.2 Å². The largest absolute Gasteiger partial charge is 0.493 e. The first-order chi connectivity index (χ1) is 14.9. The topological polar surface area (TPSA) is 62.8 Å². The predicted octanol–water partition coefficient (Wildman–Crippen LogP) is 4.62. The van der Waals surface area contributed by atoms with Crippen LogP contribution in [0.15, 0.2) is 42.5 Å². The van der Waals surface area contributed by atoms with Gasteiger partial charge in [-0.15, -0.1) is 0 Å². The number of fused-ring (bicyclic) bond motifs is 1. The highest BCUT2D eigenvalue weighted by Crippen LogP contribution is 2.49. The third-order valence-corrected chi connectivity index (χ3v) is 7.57. The lowest BCUT2D eigenvalue weighted by Crippen LogP contribution is -2.52. The number of ether oxygens (including phenoxy) is 2. The van der Waals surface area contributed by atoms with Gasteiger partial charge in [0, 0.05) is 26.8 Å². The highest BCUT2D eigenvalue weighted by molar-refractivity contribution is 14.1. The molecule has 3 atom stereocenters. The van der Waals surface area contributed by atoms with Crippen LogP contribution >= 0.6 is 22.6 Å². The molecule has 2 aromatic rings. The first-order valence-electron chi connectivity index (χ1n) is 10.7. The number of halogens is 1. The van der Waals surface area contributed by atoms with Crippen molar-refractivity contribution < 1.29 is 14.3 Å². The van der Waals surface area contributed by atoms with Gasteiger partial charge < -0.3 is 25.0 Å². The number of nitrogens with one attached hydrogen (secondary N) is 2. The zero-order chi connectivity index (χ0) is 22.0. The number of benzene rings is 2. The summed E-state index contributed by atoms with van der Waals surface area (Å²) in [5.74, 6) is 1.54. The van der Waals surface area contributed by atoms with E-state index in [1.165, 1.54) is 5.56 Å². The lowest BCUT2D eigenvalue weighted by Gasteiger charge is -2.45. The second-order valence-corrected chi connectivity index (χ2v) is 9.80. The maximum Gasteiger partial charge on any atom is 0.319 e. The standard InChI is InChI=1S/C24H30IN3O3/c1-28-12-11-24(16-7-8-20(30-2)21(13-16)31-3)10-9-19(15-22(24)28)27-23(29)26-18-6-4-5-17(25)14-18/h4-8,13-14,19,22H,9-12,15H2,1-3H3,(H2,26,27,29)/t19-,22+,24+/m1/s1. The molecule has 1 saturated carbocycles. The molecule has 0 spiro atoms. The number of rotatable bonds is 5. The van der Waals surface area contributed by atoms with Crippen LogP contribution in [0.2, 0.25) is 0 Å². The smallest absolute Gasteiger partial charge is 0.319 e. The number of hydrogen-bond acceptors (Lipinski definition) is 4. The van der Waals surface area contributed by atoms with Crippen molar-refractivity contribution in [1.82, 2.24) is 10.2 Å². The molecule has 6 nitrogen and oxygen atoms in total. The number of methoxy groups -OCH3 is 2. The van der Waals surface area contributed by atoms with Gasteiger partial charge in [0.25, 0.3) is 0 Å². The monoisotopic (exact) mass is 535 g/mol. The highest BCUT2D eigenvalue weighted by atomic mass is 127. The summed E-state index contributed by atoms with van der Waals surface area (Å²) in [4.78, 5) is 15.0. The van der Waals surface area contributed by atoms with Crippen LogP contribution in [-0.2, 0) is 5.41 Å². The average Bonchev–Trinajstić information content (AvgIpc) is 3.10. The van der Waals surface area contributed by atoms with Crippen LogP contribution < -0.4 is 20.1 Å². The van der Waals surface area contributed by atoms with Crippen molar-refractivity contribution in [3.05, 3.63) is 51.6 Å². The van der Waals surface area contributed by atoms with E-state index in [-0.39, 0.29) is 17.5 Å². The molecule has 166 valence electrons. The van der Waals surface area contributed by atoms with Gasteiger partial charge in [0.05, 0.1) is 14.2 Å². The molecule has 2 N–H and O–H groups in total. The molecule has 0 aromatic heterocycles. The summed E-state index contributed by atoms with van der Waals surface area (Å²) in [6.45, 7) is 1.06. The molecular weight excluding hydrogens is 505 g/mol. The van der Waals surface area contributed by atoms with E-state index in [4.69, 9.17) is 9.47 Å². The summed E-state index contributed by atoms with van der Waals surface area (Å²) in [5.41, 5.74) is 2.21. The maximum absolute atomic E-state index is 12.6. The summed E-state index contributed by atoms with van der Waals surface area (Å²) in [6.07, 6.45) is 4.04. The summed E-state index contributed by atoms with van der Waals surface area (Å²) in [6, 6.07) is 14.6. The molecule has 2 aromatic carbocycles. The van der Waals surface area contributed by atoms with Crippen molar-refractivity contribution in [1.29, 1.82) is 0 Å². The first kappa shape index (κ1) is 22.2. The molecule has 1 aliphatic carbocycles. The number of carbonyl (C=O) groups is 1.